The van der Waals surface area contributed by atoms with E-state index in [-0.39, 0.29) is 23.0 Å². The lowest BCUT2D eigenvalue weighted by molar-refractivity contribution is 0.102. The molecule has 0 radical (unpaired) electrons. The van der Waals surface area contributed by atoms with Crippen LogP contribution in [0.25, 0.3) is 0 Å². The van der Waals surface area contributed by atoms with E-state index >= 15 is 0 Å². The minimum atomic E-state index is -0.311. The van der Waals surface area contributed by atoms with Gasteiger partial charge in [0.15, 0.2) is 10.9 Å². The summed E-state index contributed by atoms with van der Waals surface area (Å²) in [6.07, 6.45) is 0. The Labute approximate surface area is 107 Å². The summed E-state index contributed by atoms with van der Waals surface area (Å²) >= 11 is 1.18. The van der Waals surface area contributed by atoms with Gasteiger partial charge in [-0.25, -0.2) is 9.89 Å². The number of aromatic amines is 1. The summed E-state index contributed by atoms with van der Waals surface area (Å²) in [5.41, 5.74) is 0.204. The molecule has 94 valence electrons. The van der Waals surface area contributed by atoms with Crippen molar-refractivity contribution >= 4 is 17.5 Å². The van der Waals surface area contributed by atoms with Crippen LogP contribution in [-0.2, 0) is 7.05 Å². The molecule has 0 unspecified atom stereocenters. The molecule has 0 aliphatic carbocycles. The summed E-state index contributed by atoms with van der Waals surface area (Å²) in [5, 5.41) is 15.7. The average molecular weight is 265 g/mol. The summed E-state index contributed by atoms with van der Waals surface area (Å²) in [6.45, 7) is 0. The molecule has 18 heavy (non-hydrogen) atoms. The van der Waals surface area contributed by atoms with Crippen molar-refractivity contribution in [1.82, 2.24) is 14.8 Å². The summed E-state index contributed by atoms with van der Waals surface area (Å²) in [6, 6.07) is 6.04. The Kier molecular flexibility index (Phi) is 3.52. The molecule has 1 heterocycles. The molecular formula is C11H11N3O3S. The van der Waals surface area contributed by atoms with Gasteiger partial charge in [-0.2, -0.15) is 0 Å². The number of phenols is 1. The fraction of sp³-hybridized carbons (Fsp3) is 0.182. The minimum Gasteiger partial charge on any atom is -0.508 e. The van der Waals surface area contributed by atoms with Gasteiger partial charge in [0.2, 0.25) is 0 Å². The number of thioether (sulfide) groups is 1. The van der Waals surface area contributed by atoms with E-state index in [4.69, 9.17) is 5.11 Å². The van der Waals surface area contributed by atoms with Gasteiger partial charge in [0.05, 0.1) is 5.75 Å². The van der Waals surface area contributed by atoms with E-state index < -0.39 is 0 Å². The van der Waals surface area contributed by atoms with Crippen molar-refractivity contribution in [3.8, 4) is 5.75 Å². The zero-order chi connectivity index (χ0) is 13.1. The van der Waals surface area contributed by atoms with Crippen LogP contribution in [0.15, 0.2) is 34.2 Å². The van der Waals surface area contributed by atoms with E-state index in [0.29, 0.717) is 10.7 Å². The number of hydrogen-bond acceptors (Lipinski definition) is 5. The summed E-state index contributed by atoms with van der Waals surface area (Å²) in [4.78, 5) is 22.9. The molecule has 0 aliphatic heterocycles. The second-order valence-electron chi connectivity index (χ2n) is 3.63. The summed E-state index contributed by atoms with van der Waals surface area (Å²) < 4.78 is 1.34. The largest absolute Gasteiger partial charge is 0.508 e. The highest BCUT2D eigenvalue weighted by Crippen LogP contribution is 2.16. The van der Waals surface area contributed by atoms with Crippen molar-refractivity contribution in [2.45, 2.75) is 5.16 Å². The number of carbonyl (C=O) groups excluding carboxylic acids is 1. The van der Waals surface area contributed by atoms with Crippen LogP contribution in [0.1, 0.15) is 10.4 Å². The first-order chi connectivity index (χ1) is 8.58. The number of carbonyl (C=O) groups is 1. The molecule has 0 bridgehead atoms. The van der Waals surface area contributed by atoms with Crippen molar-refractivity contribution in [3.05, 3.63) is 40.3 Å². The monoisotopic (exact) mass is 265 g/mol. The lowest BCUT2D eigenvalue weighted by Crippen LogP contribution is -2.13. The molecule has 7 heteroatoms. The predicted octanol–water partition coefficient (Wildman–Crippen LogP) is 0.789. The molecule has 0 fully saturated rings. The topological polar surface area (TPSA) is 88.0 Å². The molecule has 2 rings (SSSR count). The maximum Gasteiger partial charge on any atom is 0.343 e. The highest BCUT2D eigenvalue weighted by atomic mass is 32.2. The van der Waals surface area contributed by atoms with Gasteiger partial charge in [0.1, 0.15) is 5.75 Å². The third-order valence-corrected chi connectivity index (χ3v) is 3.39. The summed E-state index contributed by atoms with van der Waals surface area (Å²) in [7, 11) is 1.58. The average Bonchev–Trinajstić information content (AvgIpc) is 2.68. The van der Waals surface area contributed by atoms with Gasteiger partial charge in [-0.3, -0.25) is 9.36 Å². The van der Waals surface area contributed by atoms with Gasteiger partial charge in [0, 0.05) is 12.6 Å². The number of nitrogens with zero attached hydrogens (tertiary/aromatic N) is 2. The number of rotatable bonds is 4. The fourth-order valence-electron chi connectivity index (χ4n) is 1.32. The van der Waals surface area contributed by atoms with Crippen LogP contribution >= 0.6 is 11.8 Å². The van der Waals surface area contributed by atoms with Crippen LogP contribution in [0.2, 0.25) is 0 Å². The molecule has 2 N–H and O–H groups in total. The van der Waals surface area contributed by atoms with Crippen molar-refractivity contribution in [2.75, 3.05) is 5.75 Å². The highest BCUT2D eigenvalue weighted by molar-refractivity contribution is 7.99. The number of H-pyrrole nitrogens is 1. The molecule has 0 spiro atoms. The van der Waals surface area contributed by atoms with E-state index in [0.717, 1.165) is 0 Å². The summed E-state index contributed by atoms with van der Waals surface area (Å²) in [5.74, 6) is 0.215. The Bertz CT molecular complexity index is 615. The normalized spacial score (nSPS) is 10.5. The zero-order valence-corrected chi connectivity index (χ0v) is 10.4. The Morgan fingerprint density at radius 2 is 2.11 bits per heavy atom. The Hall–Kier alpha value is -2.02. The van der Waals surface area contributed by atoms with Gasteiger partial charge < -0.3 is 5.11 Å². The van der Waals surface area contributed by atoms with Gasteiger partial charge in [-0.1, -0.05) is 11.8 Å². The highest BCUT2D eigenvalue weighted by Gasteiger charge is 2.10. The lowest BCUT2D eigenvalue weighted by Gasteiger charge is -2.01. The number of benzene rings is 1. The quantitative estimate of drug-likeness (QED) is 0.630. The van der Waals surface area contributed by atoms with Gasteiger partial charge >= 0.3 is 5.69 Å². The van der Waals surface area contributed by atoms with E-state index in [1.165, 1.54) is 28.5 Å². The molecule has 0 saturated heterocycles. The van der Waals surface area contributed by atoms with Crippen LogP contribution in [0.3, 0.4) is 0 Å². The minimum absolute atomic E-state index is 0.0875. The zero-order valence-electron chi connectivity index (χ0n) is 9.58. The van der Waals surface area contributed by atoms with Gasteiger partial charge in [-0.15, -0.1) is 5.10 Å². The third-order valence-electron chi connectivity index (χ3n) is 2.36. The van der Waals surface area contributed by atoms with Gasteiger partial charge in [0.25, 0.3) is 0 Å². The first kappa shape index (κ1) is 12.4. The third kappa shape index (κ3) is 2.62. The SMILES string of the molecule is Cn1c(SCC(=O)c2ccc(O)cc2)n[nH]c1=O. The Morgan fingerprint density at radius 1 is 1.44 bits per heavy atom. The maximum absolute atomic E-state index is 11.8. The molecule has 0 amide bonds. The van der Waals surface area contributed by atoms with Crippen LogP contribution in [-0.4, -0.2) is 31.4 Å². The van der Waals surface area contributed by atoms with Crippen molar-refractivity contribution < 1.29 is 9.90 Å². The number of phenolic OH excluding ortho intramolecular Hbond substituents is 1. The smallest absolute Gasteiger partial charge is 0.343 e. The number of nitrogens with one attached hydrogen (secondary N) is 1. The molecule has 0 saturated carbocycles. The van der Waals surface area contributed by atoms with Gasteiger partial charge in [-0.05, 0) is 24.3 Å². The Morgan fingerprint density at radius 3 is 2.67 bits per heavy atom. The second kappa shape index (κ2) is 5.09. The fourth-order valence-corrected chi connectivity index (χ4v) is 2.14. The van der Waals surface area contributed by atoms with Crippen LogP contribution in [0.5, 0.6) is 5.75 Å². The number of Topliss-reactive ketones (excluding diaryl/α,β-unsaturated/α-hetero) is 1. The number of ketones is 1. The van der Waals surface area contributed by atoms with E-state index in [1.807, 2.05) is 0 Å². The first-order valence-electron chi connectivity index (χ1n) is 5.14. The van der Waals surface area contributed by atoms with E-state index in [9.17, 15) is 9.59 Å². The standard InChI is InChI=1S/C11H11N3O3S/c1-14-10(17)12-13-11(14)18-6-9(16)7-2-4-8(15)5-3-7/h2-5,15H,6H2,1H3,(H,12,17). The van der Waals surface area contributed by atoms with Crippen molar-refractivity contribution in [1.29, 1.82) is 0 Å². The molecule has 0 aliphatic rings. The molecule has 1 aromatic heterocycles. The van der Waals surface area contributed by atoms with Crippen molar-refractivity contribution in [3.63, 3.8) is 0 Å². The number of aromatic nitrogens is 3. The van der Waals surface area contributed by atoms with Crippen LogP contribution in [0, 0.1) is 0 Å². The second-order valence-corrected chi connectivity index (χ2v) is 4.57. The maximum atomic E-state index is 11.8. The lowest BCUT2D eigenvalue weighted by atomic mass is 10.1. The molecule has 6 nitrogen and oxygen atoms in total. The first-order valence-corrected chi connectivity index (χ1v) is 6.13. The predicted molar refractivity (Wildman–Crippen MR) is 67.0 cm³/mol. The van der Waals surface area contributed by atoms with E-state index in [1.54, 1.807) is 19.2 Å². The molecule has 0 atom stereocenters. The van der Waals surface area contributed by atoms with E-state index in [2.05, 4.69) is 10.2 Å². The molecular weight excluding hydrogens is 254 g/mol. The van der Waals surface area contributed by atoms with Crippen LogP contribution in [0.4, 0.5) is 0 Å². The van der Waals surface area contributed by atoms with Crippen LogP contribution < -0.4 is 5.69 Å². The molecule has 1 aromatic carbocycles. The van der Waals surface area contributed by atoms with Crippen molar-refractivity contribution in [2.24, 2.45) is 7.05 Å². The molecule has 2 aromatic rings. The number of aromatic hydroxyl groups is 1. The number of hydrogen-bond donors (Lipinski definition) is 2. The Balaban J connectivity index is 2.02.